The second-order valence-electron chi connectivity index (χ2n) is 4.10. The van der Waals surface area contributed by atoms with E-state index in [2.05, 4.69) is 10.7 Å². The average molecular weight is 280 g/mol. The number of carbonyl (C=O) groups excluding carboxylic acids is 2. The number of rotatable bonds is 3. The largest absolute Gasteiger partial charge is 0.465 e. The highest BCUT2D eigenvalue weighted by Gasteiger charge is 2.18. The van der Waals surface area contributed by atoms with Gasteiger partial charge in [-0.1, -0.05) is 18.1 Å². The predicted octanol–water partition coefficient (Wildman–Crippen LogP) is 2.67. The average Bonchev–Trinajstić information content (AvgIpc) is 2.54. The van der Waals surface area contributed by atoms with Gasteiger partial charge in [-0.3, -0.25) is 0 Å². The van der Waals surface area contributed by atoms with Crippen molar-refractivity contribution in [2.75, 3.05) is 7.11 Å². The molecule has 0 bridgehead atoms. The van der Waals surface area contributed by atoms with Crippen molar-refractivity contribution in [1.82, 2.24) is 0 Å². The van der Waals surface area contributed by atoms with E-state index in [1.54, 1.807) is 36.4 Å². The van der Waals surface area contributed by atoms with E-state index in [1.165, 1.54) is 19.2 Å². The number of ether oxygens (including phenoxy) is 2. The first-order valence-electron chi connectivity index (χ1n) is 6.12. The molecule has 0 atom stereocenters. The lowest BCUT2D eigenvalue weighted by Crippen LogP contribution is -2.15. The van der Waals surface area contributed by atoms with E-state index in [0.717, 1.165) is 0 Å². The smallest absolute Gasteiger partial charge is 0.344 e. The molecule has 0 amide bonds. The summed E-state index contributed by atoms with van der Waals surface area (Å²) in [7, 11) is 1.25. The van der Waals surface area contributed by atoms with Crippen LogP contribution < -0.4 is 4.74 Å². The number of hydrogen-bond acceptors (Lipinski definition) is 4. The van der Waals surface area contributed by atoms with Gasteiger partial charge >= 0.3 is 11.9 Å². The molecular weight excluding hydrogens is 268 g/mol. The van der Waals surface area contributed by atoms with Crippen molar-refractivity contribution < 1.29 is 19.1 Å². The standard InChI is InChI=1S/C17H12O4/c1-3-12-8-10-13(11-9-12)21-17(19)15-7-5-4-6-14(15)16(18)20-2/h1,4-11H,2H3. The van der Waals surface area contributed by atoms with Crippen LogP contribution in [0.1, 0.15) is 26.3 Å². The minimum absolute atomic E-state index is 0.144. The van der Waals surface area contributed by atoms with Crippen LogP contribution in [0.15, 0.2) is 48.5 Å². The summed E-state index contributed by atoms with van der Waals surface area (Å²) in [6.45, 7) is 0. The molecule has 2 rings (SSSR count). The lowest BCUT2D eigenvalue weighted by atomic mass is 10.1. The normalized spacial score (nSPS) is 9.52. The summed E-state index contributed by atoms with van der Waals surface area (Å²) in [6, 6.07) is 12.8. The van der Waals surface area contributed by atoms with Gasteiger partial charge in [0.15, 0.2) is 0 Å². The first-order chi connectivity index (χ1) is 10.2. The quantitative estimate of drug-likeness (QED) is 0.493. The third-order valence-corrected chi connectivity index (χ3v) is 2.78. The zero-order valence-corrected chi connectivity index (χ0v) is 11.3. The molecule has 0 heterocycles. The number of carbonyl (C=O) groups is 2. The molecule has 104 valence electrons. The van der Waals surface area contributed by atoms with Crippen LogP contribution in [0.2, 0.25) is 0 Å². The van der Waals surface area contributed by atoms with Gasteiger partial charge in [-0.2, -0.15) is 0 Å². The molecule has 0 fully saturated rings. The van der Waals surface area contributed by atoms with E-state index in [9.17, 15) is 9.59 Å². The van der Waals surface area contributed by atoms with Crippen molar-refractivity contribution in [3.05, 3.63) is 65.2 Å². The Kier molecular flexibility index (Phi) is 4.37. The molecule has 0 aliphatic carbocycles. The highest BCUT2D eigenvalue weighted by molar-refractivity contribution is 6.03. The maximum absolute atomic E-state index is 12.1. The molecule has 0 aliphatic rings. The van der Waals surface area contributed by atoms with Crippen LogP contribution in [0.4, 0.5) is 0 Å². The maximum Gasteiger partial charge on any atom is 0.344 e. The Labute approximate surface area is 122 Å². The van der Waals surface area contributed by atoms with Crippen molar-refractivity contribution in [1.29, 1.82) is 0 Å². The first kappa shape index (κ1) is 14.4. The van der Waals surface area contributed by atoms with E-state index in [4.69, 9.17) is 11.2 Å². The van der Waals surface area contributed by atoms with Gasteiger partial charge < -0.3 is 9.47 Å². The van der Waals surface area contributed by atoms with Gasteiger partial charge in [-0.25, -0.2) is 9.59 Å². The van der Waals surface area contributed by atoms with Gasteiger partial charge in [0, 0.05) is 5.56 Å². The summed E-state index contributed by atoms with van der Waals surface area (Å²) in [5.74, 6) is 1.59. The van der Waals surface area contributed by atoms with Crippen molar-refractivity contribution in [2.24, 2.45) is 0 Å². The van der Waals surface area contributed by atoms with Crippen molar-refractivity contribution in [3.8, 4) is 18.1 Å². The second kappa shape index (κ2) is 6.40. The molecule has 4 nitrogen and oxygen atoms in total. The van der Waals surface area contributed by atoms with Crippen LogP contribution in [0.3, 0.4) is 0 Å². The van der Waals surface area contributed by atoms with E-state index in [1.807, 2.05) is 0 Å². The highest BCUT2D eigenvalue weighted by Crippen LogP contribution is 2.16. The molecule has 0 radical (unpaired) electrons. The van der Waals surface area contributed by atoms with Crippen molar-refractivity contribution in [2.45, 2.75) is 0 Å². The zero-order valence-electron chi connectivity index (χ0n) is 11.3. The molecule has 2 aromatic carbocycles. The van der Waals surface area contributed by atoms with Crippen molar-refractivity contribution >= 4 is 11.9 Å². The molecule has 0 saturated heterocycles. The molecule has 0 N–H and O–H groups in total. The number of terminal acetylenes is 1. The topological polar surface area (TPSA) is 52.6 Å². The molecule has 0 aromatic heterocycles. The molecular formula is C17H12O4. The fraction of sp³-hybridized carbons (Fsp3) is 0.0588. The molecule has 21 heavy (non-hydrogen) atoms. The van der Waals surface area contributed by atoms with Crippen molar-refractivity contribution in [3.63, 3.8) is 0 Å². The number of hydrogen-bond donors (Lipinski definition) is 0. The van der Waals surface area contributed by atoms with Gasteiger partial charge in [0.1, 0.15) is 5.75 Å². The minimum atomic E-state index is -0.635. The number of esters is 2. The van der Waals surface area contributed by atoms with Gasteiger partial charge in [-0.15, -0.1) is 6.42 Å². The third kappa shape index (κ3) is 3.28. The maximum atomic E-state index is 12.1. The fourth-order valence-corrected chi connectivity index (χ4v) is 1.73. The Balaban J connectivity index is 2.24. The van der Waals surface area contributed by atoms with E-state index >= 15 is 0 Å². The molecule has 2 aromatic rings. The summed E-state index contributed by atoms with van der Waals surface area (Å²) in [5.41, 5.74) is 0.986. The summed E-state index contributed by atoms with van der Waals surface area (Å²) in [4.78, 5) is 23.8. The van der Waals surface area contributed by atoms with Crippen LogP contribution in [-0.2, 0) is 4.74 Å². The summed E-state index contributed by atoms with van der Waals surface area (Å²) in [5, 5.41) is 0. The predicted molar refractivity (Wildman–Crippen MR) is 77.1 cm³/mol. The molecule has 0 spiro atoms. The Morgan fingerprint density at radius 1 is 0.952 bits per heavy atom. The molecule has 0 saturated carbocycles. The molecule has 0 aliphatic heterocycles. The van der Waals surface area contributed by atoms with Gasteiger partial charge in [0.05, 0.1) is 18.2 Å². The van der Waals surface area contributed by atoms with E-state index < -0.39 is 11.9 Å². The van der Waals surface area contributed by atoms with Crippen LogP contribution in [0.25, 0.3) is 0 Å². The first-order valence-corrected chi connectivity index (χ1v) is 6.12. The Bertz CT molecular complexity index is 708. The van der Waals surface area contributed by atoms with E-state index in [0.29, 0.717) is 11.3 Å². The minimum Gasteiger partial charge on any atom is -0.465 e. The summed E-state index contributed by atoms with van der Waals surface area (Å²) < 4.78 is 9.86. The van der Waals surface area contributed by atoms with Crippen LogP contribution in [-0.4, -0.2) is 19.0 Å². The van der Waals surface area contributed by atoms with Crippen LogP contribution >= 0.6 is 0 Å². The van der Waals surface area contributed by atoms with E-state index in [-0.39, 0.29) is 11.1 Å². The fourth-order valence-electron chi connectivity index (χ4n) is 1.73. The van der Waals surface area contributed by atoms with Gasteiger partial charge in [0.25, 0.3) is 0 Å². The SMILES string of the molecule is C#Cc1ccc(OC(=O)c2ccccc2C(=O)OC)cc1. The Morgan fingerprint density at radius 3 is 2.05 bits per heavy atom. The molecule has 0 unspecified atom stereocenters. The van der Waals surface area contributed by atoms with Crippen LogP contribution in [0, 0.1) is 12.3 Å². The summed E-state index contributed by atoms with van der Waals surface area (Å²) in [6.07, 6.45) is 5.25. The van der Waals surface area contributed by atoms with Crippen LogP contribution in [0.5, 0.6) is 5.75 Å². The molecule has 4 heteroatoms. The monoisotopic (exact) mass is 280 g/mol. The number of benzene rings is 2. The second-order valence-corrected chi connectivity index (χ2v) is 4.10. The number of methoxy groups -OCH3 is 1. The Hall–Kier alpha value is -3.06. The highest BCUT2D eigenvalue weighted by atomic mass is 16.5. The zero-order chi connectivity index (χ0) is 15.2. The van der Waals surface area contributed by atoms with Gasteiger partial charge in [0.2, 0.25) is 0 Å². The summed E-state index contributed by atoms with van der Waals surface area (Å²) >= 11 is 0. The Morgan fingerprint density at radius 2 is 1.52 bits per heavy atom. The lowest BCUT2D eigenvalue weighted by molar-refractivity contribution is 0.0587. The lowest BCUT2D eigenvalue weighted by Gasteiger charge is -2.08. The van der Waals surface area contributed by atoms with Gasteiger partial charge in [-0.05, 0) is 36.4 Å². The third-order valence-electron chi connectivity index (χ3n) is 2.78.